The van der Waals surface area contributed by atoms with Gasteiger partial charge in [-0.1, -0.05) is 169 Å². The van der Waals surface area contributed by atoms with Crippen LogP contribution in [0.1, 0.15) is 22.3 Å². The van der Waals surface area contributed by atoms with Gasteiger partial charge in [0.15, 0.2) is 0 Å². The molecule has 0 aromatic heterocycles. The van der Waals surface area contributed by atoms with E-state index in [1.165, 1.54) is 87.0 Å². The van der Waals surface area contributed by atoms with E-state index in [1.807, 2.05) is 11.8 Å². The lowest BCUT2D eigenvalue weighted by Crippen LogP contribution is -2.28. The van der Waals surface area contributed by atoms with Crippen molar-refractivity contribution in [2.24, 2.45) is 0 Å². The molecule has 46 heavy (non-hydrogen) atoms. The maximum atomic E-state index is 2.38. The van der Waals surface area contributed by atoms with E-state index in [4.69, 9.17) is 0 Å². The molecule has 0 spiro atoms. The molecule has 0 saturated heterocycles. The standard InChI is InChI=1S/C45H28S/c1-2-13-32(14-3-1)45(38-18-8-6-16-36(38)43-34-15-5-4-11-29(34)24-28-39(43)45)33-25-21-30(22-26-33)35-27-23-31-12-10-20-41-42(31)44(35)37-17-7-9-19-40(37)46-41/h1-28H. The van der Waals surface area contributed by atoms with E-state index in [2.05, 4.69) is 170 Å². The van der Waals surface area contributed by atoms with Gasteiger partial charge in [-0.2, -0.15) is 0 Å². The van der Waals surface area contributed by atoms with E-state index in [0.717, 1.165) is 0 Å². The second-order valence-corrected chi connectivity index (χ2v) is 13.5. The van der Waals surface area contributed by atoms with Crippen LogP contribution in [-0.2, 0) is 5.41 Å². The van der Waals surface area contributed by atoms with Crippen LogP contribution in [0.5, 0.6) is 0 Å². The second kappa shape index (κ2) is 9.81. The molecule has 0 fully saturated rings. The van der Waals surface area contributed by atoms with Crippen LogP contribution in [0, 0.1) is 0 Å². The van der Waals surface area contributed by atoms with Crippen molar-refractivity contribution >= 4 is 33.3 Å². The first kappa shape index (κ1) is 25.9. The Hall–Kier alpha value is -5.37. The van der Waals surface area contributed by atoms with Gasteiger partial charge in [0, 0.05) is 15.2 Å². The molecule has 214 valence electrons. The van der Waals surface area contributed by atoms with Crippen molar-refractivity contribution in [3.05, 3.63) is 192 Å². The van der Waals surface area contributed by atoms with Crippen LogP contribution in [0.3, 0.4) is 0 Å². The first-order chi connectivity index (χ1) is 22.8. The van der Waals surface area contributed by atoms with Gasteiger partial charge in [-0.15, -0.1) is 0 Å². The molecule has 0 saturated carbocycles. The zero-order valence-electron chi connectivity index (χ0n) is 25.1. The summed E-state index contributed by atoms with van der Waals surface area (Å²) >= 11 is 1.88. The van der Waals surface area contributed by atoms with Gasteiger partial charge in [-0.05, 0) is 83.9 Å². The van der Waals surface area contributed by atoms with Gasteiger partial charge in [0.1, 0.15) is 0 Å². The molecule has 1 unspecified atom stereocenters. The summed E-state index contributed by atoms with van der Waals surface area (Å²) in [5, 5.41) is 5.24. The number of hydrogen-bond acceptors (Lipinski definition) is 1. The Kier molecular flexibility index (Phi) is 5.53. The number of fused-ring (bicyclic) bond motifs is 7. The summed E-state index contributed by atoms with van der Waals surface area (Å²) in [5.74, 6) is 0. The number of benzene rings is 8. The SMILES string of the molecule is c1ccc(C2(c3ccc(-c4ccc5cccc6c5c4-c4ccccc4S6)cc3)c3ccccc3-c3c2ccc2ccccc32)cc1. The van der Waals surface area contributed by atoms with E-state index >= 15 is 0 Å². The summed E-state index contributed by atoms with van der Waals surface area (Å²) in [4.78, 5) is 2.65. The average molecular weight is 601 g/mol. The Morgan fingerprint density at radius 2 is 1.04 bits per heavy atom. The van der Waals surface area contributed by atoms with Crippen LogP contribution in [0.25, 0.3) is 54.9 Å². The molecule has 0 N–H and O–H groups in total. The minimum Gasteiger partial charge on any atom is -0.0888 e. The molecule has 8 aromatic rings. The zero-order valence-corrected chi connectivity index (χ0v) is 25.9. The highest BCUT2D eigenvalue weighted by Gasteiger charge is 2.46. The lowest BCUT2D eigenvalue weighted by molar-refractivity contribution is 0.769. The molecule has 0 nitrogen and oxygen atoms in total. The Morgan fingerprint density at radius 1 is 0.370 bits per heavy atom. The molecule has 8 aromatic carbocycles. The predicted octanol–water partition coefficient (Wildman–Crippen LogP) is 12.2. The number of rotatable bonds is 3. The molecule has 1 heterocycles. The lowest BCUT2D eigenvalue weighted by Gasteiger charge is -2.34. The molecule has 10 rings (SSSR count). The Balaban J connectivity index is 1.24. The molecule has 1 aliphatic heterocycles. The highest BCUT2D eigenvalue weighted by molar-refractivity contribution is 7.99. The minimum absolute atomic E-state index is 0.427. The van der Waals surface area contributed by atoms with E-state index in [0.29, 0.717) is 0 Å². The smallest absolute Gasteiger partial charge is 0.0713 e. The second-order valence-electron chi connectivity index (χ2n) is 12.4. The van der Waals surface area contributed by atoms with E-state index < -0.39 is 5.41 Å². The van der Waals surface area contributed by atoms with Crippen LogP contribution < -0.4 is 0 Å². The van der Waals surface area contributed by atoms with Gasteiger partial charge in [0.05, 0.1) is 5.41 Å². The van der Waals surface area contributed by atoms with Crippen LogP contribution in [0.2, 0.25) is 0 Å². The summed E-state index contributed by atoms with van der Waals surface area (Å²) in [6, 6.07) is 63.3. The minimum atomic E-state index is -0.427. The van der Waals surface area contributed by atoms with E-state index in [-0.39, 0.29) is 0 Å². The predicted molar refractivity (Wildman–Crippen MR) is 194 cm³/mol. The van der Waals surface area contributed by atoms with Gasteiger partial charge in [-0.3, -0.25) is 0 Å². The van der Waals surface area contributed by atoms with Gasteiger partial charge in [0.25, 0.3) is 0 Å². The average Bonchev–Trinajstić information content (AvgIpc) is 3.44. The summed E-state index contributed by atoms with van der Waals surface area (Å²) in [6.45, 7) is 0. The molecule has 0 amide bonds. The van der Waals surface area contributed by atoms with Crippen molar-refractivity contribution in [3.8, 4) is 33.4 Å². The van der Waals surface area contributed by atoms with Crippen molar-refractivity contribution in [3.63, 3.8) is 0 Å². The molecular weight excluding hydrogens is 573 g/mol. The van der Waals surface area contributed by atoms with E-state index in [1.54, 1.807) is 0 Å². The maximum Gasteiger partial charge on any atom is 0.0713 e. The van der Waals surface area contributed by atoms with Crippen molar-refractivity contribution < 1.29 is 0 Å². The van der Waals surface area contributed by atoms with Gasteiger partial charge in [-0.25, -0.2) is 0 Å². The fourth-order valence-electron chi connectivity index (χ4n) is 8.26. The van der Waals surface area contributed by atoms with Gasteiger partial charge >= 0.3 is 0 Å². The summed E-state index contributed by atoms with van der Waals surface area (Å²) < 4.78 is 0. The summed E-state index contributed by atoms with van der Waals surface area (Å²) in [6.07, 6.45) is 0. The quantitative estimate of drug-likeness (QED) is 0.194. The third-order valence-corrected chi connectivity index (χ3v) is 11.3. The topological polar surface area (TPSA) is 0 Å². The Bertz CT molecular complexity index is 2490. The highest BCUT2D eigenvalue weighted by Crippen LogP contribution is 2.58. The number of hydrogen-bond donors (Lipinski definition) is 0. The van der Waals surface area contributed by atoms with Crippen LogP contribution in [0.15, 0.2) is 180 Å². The molecule has 0 radical (unpaired) electrons. The van der Waals surface area contributed by atoms with Crippen molar-refractivity contribution in [1.29, 1.82) is 0 Å². The summed E-state index contributed by atoms with van der Waals surface area (Å²) in [5.41, 5.74) is 12.7. The van der Waals surface area contributed by atoms with Gasteiger partial charge in [0.2, 0.25) is 0 Å². The summed E-state index contributed by atoms with van der Waals surface area (Å²) in [7, 11) is 0. The molecule has 1 heteroatoms. The largest absolute Gasteiger partial charge is 0.0888 e. The van der Waals surface area contributed by atoms with Crippen molar-refractivity contribution in [1.82, 2.24) is 0 Å². The molecule has 0 bridgehead atoms. The normalized spacial score (nSPS) is 15.8. The maximum absolute atomic E-state index is 2.38. The molecular formula is C45H28S. The molecule has 2 aliphatic rings. The monoisotopic (exact) mass is 600 g/mol. The lowest BCUT2D eigenvalue weighted by atomic mass is 9.67. The van der Waals surface area contributed by atoms with Crippen LogP contribution in [0.4, 0.5) is 0 Å². The van der Waals surface area contributed by atoms with Gasteiger partial charge < -0.3 is 0 Å². The fourth-order valence-corrected chi connectivity index (χ4v) is 9.39. The Labute approximate surface area is 273 Å². The van der Waals surface area contributed by atoms with E-state index in [9.17, 15) is 0 Å². The Morgan fingerprint density at radius 3 is 1.93 bits per heavy atom. The first-order valence-corrected chi connectivity index (χ1v) is 16.8. The fraction of sp³-hybridized carbons (Fsp3) is 0.0222. The molecule has 1 atom stereocenters. The molecule has 1 aliphatic carbocycles. The van der Waals surface area contributed by atoms with Crippen LogP contribution in [-0.4, -0.2) is 0 Å². The van der Waals surface area contributed by atoms with Crippen molar-refractivity contribution in [2.75, 3.05) is 0 Å². The van der Waals surface area contributed by atoms with Crippen LogP contribution >= 0.6 is 11.8 Å². The third kappa shape index (κ3) is 3.47. The first-order valence-electron chi connectivity index (χ1n) is 15.9. The zero-order chi connectivity index (χ0) is 30.2. The van der Waals surface area contributed by atoms with Crippen molar-refractivity contribution in [2.45, 2.75) is 15.2 Å². The highest BCUT2D eigenvalue weighted by atomic mass is 32.2. The third-order valence-electron chi connectivity index (χ3n) is 10.2.